The predicted molar refractivity (Wildman–Crippen MR) is 118 cm³/mol. The van der Waals surface area contributed by atoms with Gasteiger partial charge >= 0.3 is 6.03 Å². The molecule has 0 unspecified atom stereocenters. The number of methoxy groups -OCH3 is 1. The van der Waals surface area contributed by atoms with E-state index in [-0.39, 0.29) is 24.5 Å². The molecule has 0 aromatic heterocycles. The number of aliphatic hydroxyl groups is 1. The number of carbonyl (C=O) groups excluding carboxylic acids is 2. The molecule has 1 saturated carbocycles. The molecule has 2 aliphatic rings. The summed E-state index contributed by atoms with van der Waals surface area (Å²) in [5.74, 6) is 1.13. The maximum atomic E-state index is 13.2. The third-order valence-corrected chi connectivity index (χ3v) is 6.06. The van der Waals surface area contributed by atoms with Crippen LogP contribution in [0.25, 0.3) is 0 Å². The highest BCUT2D eigenvalue weighted by atomic mass is 16.5. The number of β-amino-alcohol motifs (C(OH)–C–C–N with tert-alkyl or cyclic N) is 1. The van der Waals surface area contributed by atoms with Crippen molar-refractivity contribution in [2.24, 2.45) is 11.3 Å². The van der Waals surface area contributed by atoms with Gasteiger partial charge in [0, 0.05) is 0 Å². The molecule has 1 aliphatic heterocycles. The number of nitrogens with zero attached hydrogens (tertiary/aromatic N) is 1. The number of nitrogens with one attached hydrogen (secondary N) is 1. The molecule has 0 radical (unpaired) electrons. The van der Waals surface area contributed by atoms with Gasteiger partial charge in [0.15, 0.2) is 11.5 Å². The molecule has 3 amide bonds. The summed E-state index contributed by atoms with van der Waals surface area (Å²) >= 11 is 0. The molecule has 1 aromatic rings. The Morgan fingerprint density at radius 3 is 2.71 bits per heavy atom. The Labute approximate surface area is 184 Å². The van der Waals surface area contributed by atoms with Crippen molar-refractivity contribution in [3.8, 4) is 11.5 Å². The average molecular weight is 431 g/mol. The van der Waals surface area contributed by atoms with Crippen molar-refractivity contribution in [3.63, 3.8) is 0 Å². The van der Waals surface area contributed by atoms with Gasteiger partial charge in [-0.1, -0.05) is 32.9 Å². The largest absolute Gasteiger partial charge is 0.493 e. The molecule has 0 bridgehead atoms. The van der Waals surface area contributed by atoms with Crippen molar-refractivity contribution < 1.29 is 24.2 Å². The zero-order chi connectivity index (χ0) is 22.8. The lowest BCUT2D eigenvalue weighted by molar-refractivity contribution is -0.135. The van der Waals surface area contributed by atoms with Crippen molar-refractivity contribution in [2.45, 2.75) is 58.1 Å². The van der Waals surface area contributed by atoms with Crippen LogP contribution in [0.5, 0.6) is 11.5 Å². The maximum absolute atomic E-state index is 13.2. The SMILES string of the molecule is C=CCc1ccc(OC[C@H](O)CN2C(=O)N[C@]3(C[C@H](C)CC(C)(C)C3)C2=O)c(OC)c1. The molecule has 7 heteroatoms. The van der Waals surface area contributed by atoms with Crippen molar-refractivity contribution in [1.82, 2.24) is 10.2 Å². The number of allylic oxidation sites excluding steroid dienone is 1. The van der Waals surface area contributed by atoms with Crippen LogP contribution in [-0.4, -0.2) is 53.8 Å². The van der Waals surface area contributed by atoms with Crippen LogP contribution in [0.3, 0.4) is 0 Å². The van der Waals surface area contributed by atoms with Crippen LogP contribution >= 0.6 is 0 Å². The van der Waals surface area contributed by atoms with Gasteiger partial charge in [0.2, 0.25) is 0 Å². The average Bonchev–Trinajstić information content (AvgIpc) is 2.88. The van der Waals surface area contributed by atoms with Gasteiger partial charge in [0.05, 0.1) is 13.7 Å². The summed E-state index contributed by atoms with van der Waals surface area (Å²) in [4.78, 5) is 26.9. The lowest BCUT2D eigenvalue weighted by atomic mass is 9.64. The van der Waals surface area contributed by atoms with Crippen molar-refractivity contribution in [1.29, 1.82) is 0 Å². The Hall–Kier alpha value is -2.54. The Balaban J connectivity index is 1.63. The number of benzene rings is 1. The summed E-state index contributed by atoms with van der Waals surface area (Å²) in [6.45, 7) is 9.92. The summed E-state index contributed by atoms with van der Waals surface area (Å²) in [6.07, 6.45) is 3.74. The van der Waals surface area contributed by atoms with Gasteiger partial charge in [-0.3, -0.25) is 9.69 Å². The van der Waals surface area contributed by atoms with E-state index in [1.165, 1.54) is 0 Å². The molecular formula is C24H34N2O5. The van der Waals surface area contributed by atoms with Crippen molar-refractivity contribution in [2.75, 3.05) is 20.3 Å². The number of hydrogen-bond acceptors (Lipinski definition) is 5. The molecule has 1 spiro atoms. The summed E-state index contributed by atoms with van der Waals surface area (Å²) in [5, 5.41) is 13.4. The number of imide groups is 1. The van der Waals surface area contributed by atoms with Crippen LogP contribution in [0.2, 0.25) is 0 Å². The second kappa shape index (κ2) is 8.91. The molecule has 1 aliphatic carbocycles. The van der Waals surface area contributed by atoms with E-state index >= 15 is 0 Å². The molecule has 2 fully saturated rings. The molecule has 170 valence electrons. The lowest BCUT2D eigenvalue weighted by Crippen LogP contribution is -2.54. The van der Waals surface area contributed by atoms with E-state index < -0.39 is 17.7 Å². The number of urea groups is 1. The fraction of sp³-hybridized carbons (Fsp3) is 0.583. The van der Waals surface area contributed by atoms with E-state index in [1.54, 1.807) is 19.3 Å². The van der Waals surface area contributed by atoms with Crippen LogP contribution in [0.1, 0.15) is 45.6 Å². The molecule has 1 aromatic carbocycles. The minimum atomic E-state index is -1.02. The molecule has 3 rings (SSSR count). The van der Waals surface area contributed by atoms with E-state index in [0.29, 0.717) is 36.7 Å². The minimum Gasteiger partial charge on any atom is -0.493 e. The summed E-state index contributed by atoms with van der Waals surface area (Å²) < 4.78 is 11.1. The first-order valence-corrected chi connectivity index (χ1v) is 10.8. The van der Waals surface area contributed by atoms with E-state index in [1.807, 2.05) is 12.1 Å². The standard InChI is InChI=1S/C24H34N2O5/c1-6-7-17-8-9-19(20(10-17)30-5)31-14-18(27)13-26-21(28)24(25-22(26)29)12-16(2)11-23(3,4)15-24/h6,8-10,16,18,27H,1,7,11-15H2,2-5H3,(H,25,29)/t16-,18-,24+/m1/s1. The summed E-state index contributed by atoms with van der Waals surface area (Å²) in [7, 11) is 1.55. The highest BCUT2D eigenvalue weighted by molar-refractivity contribution is 6.07. The Morgan fingerprint density at radius 1 is 1.32 bits per heavy atom. The van der Waals surface area contributed by atoms with Gasteiger partial charge in [-0.25, -0.2) is 4.79 Å². The van der Waals surface area contributed by atoms with Gasteiger partial charge in [-0.05, 0) is 54.7 Å². The monoisotopic (exact) mass is 430 g/mol. The molecule has 1 heterocycles. The Kier molecular flexibility index (Phi) is 6.65. The fourth-order valence-corrected chi connectivity index (χ4v) is 5.25. The Morgan fingerprint density at radius 2 is 2.06 bits per heavy atom. The molecule has 1 saturated heterocycles. The van der Waals surface area contributed by atoms with Crippen LogP contribution in [0.4, 0.5) is 4.79 Å². The van der Waals surface area contributed by atoms with E-state index in [0.717, 1.165) is 16.9 Å². The normalized spacial score (nSPS) is 26.0. The number of amides is 3. The lowest BCUT2D eigenvalue weighted by Gasteiger charge is -2.43. The number of rotatable bonds is 8. The zero-order valence-corrected chi connectivity index (χ0v) is 18.9. The van der Waals surface area contributed by atoms with Crippen molar-refractivity contribution >= 4 is 11.9 Å². The van der Waals surface area contributed by atoms with Crippen LogP contribution in [0, 0.1) is 11.3 Å². The topological polar surface area (TPSA) is 88.1 Å². The second-order valence-corrected chi connectivity index (χ2v) is 9.73. The predicted octanol–water partition coefficient (Wildman–Crippen LogP) is 3.30. The van der Waals surface area contributed by atoms with Crippen LogP contribution in [-0.2, 0) is 11.2 Å². The summed E-state index contributed by atoms with van der Waals surface area (Å²) in [5.41, 5.74) is 0.129. The highest BCUT2D eigenvalue weighted by Crippen LogP contribution is 2.46. The highest BCUT2D eigenvalue weighted by Gasteiger charge is 2.56. The third-order valence-electron chi connectivity index (χ3n) is 6.06. The molecular weight excluding hydrogens is 396 g/mol. The van der Waals surface area contributed by atoms with Crippen LogP contribution in [0.15, 0.2) is 30.9 Å². The number of aliphatic hydroxyl groups excluding tert-OH is 1. The van der Waals surface area contributed by atoms with Gasteiger partial charge in [0.25, 0.3) is 5.91 Å². The molecule has 3 atom stereocenters. The first-order valence-electron chi connectivity index (χ1n) is 10.8. The van der Waals surface area contributed by atoms with Gasteiger partial charge < -0.3 is 19.9 Å². The second-order valence-electron chi connectivity index (χ2n) is 9.73. The molecule has 7 nitrogen and oxygen atoms in total. The molecule has 2 N–H and O–H groups in total. The third kappa shape index (κ3) is 5.03. The first kappa shape index (κ1) is 23.1. The van der Waals surface area contributed by atoms with E-state index in [9.17, 15) is 14.7 Å². The number of carbonyl (C=O) groups is 2. The van der Waals surface area contributed by atoms with E-state index in [4.69, 9.17) is 9.47 Å². The van der Waals surface area contributed by atoms with Crippen LogP contribution < -0.4 is 14.8 Å². The van der Waals surface area contributed by atoms with E-state index in [2.05, 4.69) is 32.7 Å². The number of ether oxygens (including phenoxy) is 2. The smallest absolute Gasteiger partial charge is 0.325 e. The maximum Gasteiger partial charge on any atom is 0.325 e. The van der Waals surface area contributed by atoms with Crippen molar-refractivity contribution in [3.05, 3.63) is 36.4 Å². The summed E-state index contributed by atoms with van der Waals surface area (Å²) in [6, 6.07) is 5.09. The van der Waals surface area contributed by atoms with Gasteiger partial charge in [-0.2, -0.15) is 0 Å². The Bertz CT molecular complexity index is 852. The fourth-order valence-electron chi connectivity index (χ4n) is 5.25. The van der Waals surface area contributed by atoms with Gasteiger partial charge in [0.1, 0.15) is 18.2 Å². The molecule has 31 heavy (non-hydrogen) atoms. The quantitative estimate of drug-likeness (QED) is 0.488. The first-order chi connectivity index (χ1) is 14.6. The zero-order valence-electron chi connectivity index (χ0n) is 18.9. The van der Waals surface area contributed by atoms with Gasteiger partial charge in [-0.15, -0.1) is 6.58 Å². The minimum absolute atomic E-state index is 0.0351. The number of hydrogen-bond donors (Lipinski definition) is 2.